The van der Waals surface area contributed by atoms with E-state index in [9.17, 15) is 14.7 Å². The van der Waals surface area contributed by atoms with Gasteiger partial charge in [0.05, 0.1) is 16.2 Å². The van der Waals surface area contributed by atoms with Crippen molar-refractivity contribution >= 4 is 79.7 Å². The van der Waals surface area contributed by atoms with Crippen LogP contribution in [0.25, 0.3) is 6.08 Å². The standard InChI is InChI=1S/C25H17BrCl2N2O4S/c1-30-23(31)22(35-25(30)29-19-4-2-3-14(10-19)24(32)33)11-16-9-17(26)6-8-21(16)34-13-15-5-7-18(27)12-20(15)28/h2-12H,13H2,1H3,(H,32,33). The van der Waals surface area contributed by atoms with E-state index in [0.29, 0.717) is 37.1 Å². The molecule has 1 aliphatic heterocycles. The van der Waals surface area contributed by atoms with Gasteiger partial charge in [0.2, 0.25) is 0 Å². The summed E-state index contributed by atoms with van der Waals surface area (Å²) in [5.41, 5.74) is 2.04. The Bertz CT molecular complexity index is 1390. The second kappa shape index (κ2) is 10.9. The Hall–Kier alpha value is -2.78. The van der Waals surface area contributed by atoms with E-state index in [-0.39, 0.29) is 18.1 Å². The highest BCUT2D eigenvalue weighted by Crippen LogP contribution is 2.36. The summed E-state index contributed by atoms with van der Waals surface area (Å²) in [5, 5.41) is 10.7. The number of carboxylic acid groups (broad SMARTS) is 1. The van der Waals surface area contributed by atoms with Crippen molar-refractivity contribution in [1.29, 1.82) is 0 Å². The van der Waals surface area contributed by atoms with E-state index in [0.717, 1.165) is 10.0 Å². The highest BCUT2D eigenvalue weighted by Gasteiger charge is 2.30. The zero-order valence-corrected chi connectivity index (χ0v) is 22.1. The van der Waals surface area contributed by atoms with E-state index in [1.165, 1.54) is 28.8 Å². The second-order valence-electron chi connectivity index (χ2n) is 7.43. The molecule has 4 rings (SSSR count). The van der Waals surface area contributed by atoms with Crippen LogP contribution in [0.3, 0.4) is 0 Å². The number of carbonyl (C=O) groups is 2. The molecule has 1 N–H and O–H groups in total. The number of aromatic carboxylic acids is 1. The summed E-state index contributed by atoms with van der Waals surface area (Å²) in [6.45, 7) is 0.224. The van der Waals surface area contributed by atoms with Crippen molar-refractivity contribution < 1.29 is 19.4 Å². The fraction of sp³-hybridized carbons (Fsp3) is 0.0800. The predicted octanol–water partition coefficient (Wildman–Crippen LogP) is 7.27. The Balaban J connectivity index is 1.60. The molecule has 1 amide bonds. The van der Waals surface area contributed by atoms with Gasteiger partial charge in [0.15, 0.2) is 5.17 Å². The zero-order valence-electron chi connectivity index (χ0n) is 18.2. The molecule has 178 valence electrons. The number of amides is 1. The summed E-state index contributed by atoms with van der Waals surface area (Å²) >= 11 is 16.9. The van der Waals surface area contributed by atoms with E-state index < -0.39 is 5.97 Å². The van der Waals surface area contributed by atoms with Crippen molar-refractivity contribution in [2.24, 2.45) is 4.99 Å². The van der Waals surface area contributed by atoms with Crippen LogP contribution in [-0.4, -0.2) is 34.1 Å². The van der Waals surface area contributed by atoms with Gasteiger partial charge >= 0.3 is 5.97 Å². The molecule has 35 heavy (non-hydrogen) atoms. The van der Waals surface area contributed by atoms with E-state index in [4.69, 9.17) is 27.9 Å². The lowest BCUT2D eigenvalue weighted by atomic mass is 10.1. The number of amidine groups is 1. The molecule has 0 aromatic heterocycles. The Morgan fingerprint density at radius 3 is 2.71 bits per heavy atom. The normalized spacial score (nSPS) is 15.8. The van der Waals surface area contributed by atoms with E-state index in [2.05, 4.69) is 20.9 Å². The van der Waals surface area contributed by atoms with Gasteiger partial charge in [-0.05, 0) is 66.4 Å². The van der Waals surface area contributed by atoms with E-state index in [1.807, 2.05) is 12.1 Å². The number of benzene rings is 3. The van der Waals surface area contributed by atoms with Crippen LogP contribution in [-0.2, 0) is 11.4 Å². The average molecular weight is 592 g/mol. The maximum Gasteiger partial charge on any atom is 0.335 e. The van der Waals surface area contributed by atoms with Gasteiger partial charge in [-0.2, -0.15) is 0 Å². The third-order valence-corrected chi connectivity index (χ3v) is 7.12. The first kappa shape index (κ1) is 25.3. The number of hydrogen-bond acceptors (Lipinski definition) is 5. The molecule has 0 bridgehead atoms. The van der Waals surface area contributed by atoms with Gasteiger partial charge in [-0.15, -0.1) is 0 Å². The van der Waals surface area contributed by atoms with Crippen molar-refractivity contribution in [3.8, 4) is 5.75 Å². The Kier molecular flexibility index (Phi) is 7.86. The molecule has 1 aliphatic rings. The lowest BCUT2D eigenvalue weighted by molar-refractivity contribution is -0.121. The van der Waals surface area contributed by atoms with Crippen LogP contribution in [0, 0.1) is 0 Å². The minimum Gasteiger partial charge on any atom is -0.488 e. The summed E-state index contributed by atoms with van der Waals surface area (Å²) < 4.78 is 6.84. The number of rotatable bonds is 6. The monoisotopic (exact) mass is 590 g/mol. The van der Waals surface area contributed by atoms with Gasteiger partial charge in [-0.25, -0.2) is 9.79 Å². The SMILES string of the molecule is CN1C(=O)C(=Cc2cc(Br)ccc2OCc2ccc(Cl)cc2Cl)SC1=Nc1cccc(C(=O)O)c1. The summed E-state index contributed by atoms with van der Waals surface area (Å²) in [6, 6.07) is 16.9. The van der Waals surface area contributed by atoms with Crippen molar-refractivity contribution in [3.63, 3.8) is 0 Å². The summed E-state index contributed by atoms with van der Waals surface area (Å²) in [5.74, 6) is -0.699. The fourth-order valence-corrected chi connectivity index (χ4v) is 4.99. The average Bonchev–Trinajstić information content (AvgIpc) is 3.07. The van der Waals surface area contributed by atoms with Gasteiger partial charge in [0.1, 0.15) is 12.4 Å². The first-order valence-corrected chi connectivity index (χ1v) is 12.5. The highest BCUT2D eigenvalue weighted by molar-refractivity contribution is 9.10. The minimum absolute atomic E-state index is 0.122. The molecule has 3 aromatic rings. The number of carboxylic acids is 1. The molecule has 0 atom stereocenters. The molecule has 0 saturated carbocycles. The number of ether oxygens (including phenoxy) is 1. The lowest BCUT2D eigenvalue weighted by Gasteiger charge is -2.11. The lowest BCUT2D eigenvalue weighted by Crippen LogP contribution is -2.23. The maximum absolute atomic E-state index is 12.9. The number of likely N-dealkylation sites (N-methyl/N-ethyl adjacent to an activating group) is 1. The molecule has 0 aliphatic carbocycles. The molecule has 0 radical (unpaired) electrons. The van der Waals surface area contributed by atoms with Crippen LogP contribution >= 0.6 is 50.9 Å². The summed E-state index contributed by atoms with van der Waals surface area (Å²) in [7, 11) is 1.62. The van der Waals surface area contributed by atoms with Crippen LogP contribution < -0.4 is 4.74 Å². The van der Waals surface area contributed by atoms with Gasteiger partial charge in [0, 0.05) is 32.7 Å². The van der Waals surface area contributed by atoms with Gasteiger partial charge < -0.3 is 9.84 Å². The van der Waals surface area contributed by atoms with Crippen molar-refractivity contribution in [3.05, 3.63) is 96.8 Å². The summed E-state index contributed by atoms with van der Waals surface area (Å²) in [6.07, 6.45) is 1.74. The predicted molar refractivity (Wildman–Crippen MR) is 144 cm³/mol. The van der Waals surface area contributed by atoms with Crippen LogP contribution in [0.15, 0.2) is 75.0 Å². The molecule has 1 saturated heterocycles. The zero-order chi connectivity index (χ0) is 25.1. The van der Waals surface area contributed by atoms with E-state index >= 15 is 0 Å². The van der Waals surface area contributed by atoms with Crippen molar-refractivity contribution in [1.82, 2.24) is 4.90 Å². The molecule has 6 nitrogen and oxygen atoms in total. The van der Waals surface area contributed by atoms with Gasteiger partial charge in [0.25, 0.3) is 5.91 Å². The van der Waals surface area contributed by atoms with Crippen LogP contribution in [0.5, 0.6) is 5.75 Å². The Morgan fingerprint density at radius 1 is 1.17 bits per heavy atom. The maximum atomic E-state index is 12.9. The van der Waals surface area contributed by atoms with Crippen LogP contribution in [0.2, 0.25) is 10.0 Å². The topological polar surface area (TPSA) is 79.2 Å². The molecule has 10 heteroatoms. The molecule has 0 spiro atoms. The quantitative estimate of drug-likeness (QED) is 0.305. The first-order chi connectivity index (χ1) is 16.7. The number of halogens is 3. The molecular formula is C25H17BrCl2N2O4S. The Morgan fingerprint density at radius 2 is 1.97 bits per heavy atom. The first-order valence-electron chi connectivity index (χ1n) is 10.2. The summed E-state index contributed by atoms with van der Waals surface area (Å²) in [4.78, 5) is 30.5. The van der Waals surface area contributed by atoms with Gasteiger partial charge in [-0.3, -0.25) is 9.69 Å². The van der Waals surface area contributed by atoms with Crippen molar-refractivity contribution in [2.45, 2.75) is 6.61 Å². The number of thioether (sulfide) groups is 1. The van der Waals surface area contributed by atoms with Crippen molar-refractivity contribution in [2.75, 3.05) is 7.05 Å². The molecule has 0 unspecified atom stereocenters. The third-order valence-electron chi connectivity index (χ3n) is 4.98. The second-order valence-corrected chi connectivity index (χ2v) is 10.2. The third kappa shape index (κ3) is 6.08. The van der Waals surface area contributed by atoms with Crippen LogP contribution in [0.1, 0.15) is 21.5 Å². The van der Waals surface area contributed by atoms with E-state index in [1.54, 1.807) is 49.5 Å². The largest absolute Gasteiger partial charge is 0.488 e. The highest BCUT2D eigenvalue weighted by atomic mass is 79.9. The molecular weight excluding hydrogens is 575 g/mol. The fourth-order valence-electron chi connectivity index (χ4n) is 3.17. The smallest absolute Gasteiger partial charge is 0.335 e. The number of hydrogen-bond donors (Lipinski definition) is 1. The molecule has 1 heterocycles. The van der Waals surface area contributed by atoms with Gasteiger partial charge in [-0.1, -0.05) is 51.3 Å². The minimum atomic E-state index is -1.04. The number of carbonyl (C=O) groups excluding carboxylic acids is 1. The molecule has 1 fully saturated rings. The number of aliphatic imine (C=N–C) groups is 1. The number of nitrogens with zero attached hydrogens (tertiary/aromatic N) is 2. The molecule has 3 aromatic carbocycles. The Labute approximate surface area is 224 Å². The van der Waals surface area contributed by atoms with Crippen LogP contribution in [0.4, 0.5) is 5.69 Å².